The molecule has 1 unspecified atom stereocenters. The van der Waals surface area contributed by atoms with Crippen molar-refractivity contribution in [3.8, 4) is 5.75 Å². The van der Waals surface area contributed by atoms with Gasteiger partial charge in [0, 0.05) is 10.8 Å². The van der Waals surface area contributed by atoms with Crippen LogP contribution in [0.4, 0.5) is 11.4 Å². The molecule has 180 valence electrons. The van der Waals surface area contributed by atoms with Crippen molar-refractivity contribution >= 4 is 46.4 Å². The molecule has 2 aromatic carbocycles. The Morgan fingerprint density at radius 3 is 2.69 bits per heavy atom. The smallest absolute Gasteiger partial charge is 0.341 e. The topological polar surface area (TPSA) is 115 Å². The molecule has 0 radical (unpaired) electrons. The molecule has 0 fully saturated rings. The summed E-state index contributed by atoms with van der Waals surface area (Å²) in [5, 5.41) is 30.1. The number of nitrogens with zero attached hydrogens (tertiary/aromatic N) is 3. The number of hydrazone groups is 2. The summed E-state index contributed by atoms with van der Waals surface area (Å²) < 4.78 is 0. The van der Waals surface area contributed by atoms with Crippen molar-refractivity contribution in [2.45, 2.75) is 51.2 Å². The van der Waals surface area contributed by atoms with Crippen LogP contribution in [0, 0.1) is 6.92 Å². The Labute approximate surface area is 207 Å². The van der Waals surface area contributed by atoms with Crippen molar-refractivity contribution < 1.29 is 19.8 Å². The number of carboxylic acids is 1. The van der Waals surface area contributed by atoms with Gasteiger partial charge in [-0.25, -0.2) is 4.79 Å². The van der Waals surface area contributed by atoms with E-state index < -0.39 is 5.97 Å². The van der Waals surface area contributed by atoms with Crippen molar-refractivity contribution in [2.24, 2.45) is 10.2 Å². The van der Waals surface area contributed by atoms with E-state index in [1.807, 2.05) is 25.1 Å². The number of rotatable bonds is 5. The lowest BCUT2D eigenvalue weighted by Gasteiger charge is -2.19. The number of aliphatic carboxylic acids is 1. The zero-order chi connectivity index (χ0) is 24.7. The van der Waals surface area contributed by atoms with E-state index >= 15 is 0 Å². The Kier molecular flexibility index (Phi) is 6.10. The molecule has 0 saturated heterocycles. The fourth-order valence-electron chi connectivity index (χ4n) is 4.70. The van der Waals surface area contributed by atoms with Gasteiger partial charge >= 0.3 is 11.9 Å². The number of amides is 1. The Balaban J connectivity index is 1.37. The maximum Gasteiger partial charge on any atom is 0.341 e. The molecule has 0 spiro atoms. The molecule has 3 aliphatic rings. The third kappa shape index (κ3) is 4.43. The average molecular weight is 491 g/mol. The number of benzene rings is 2. The van der Waals surface area contributed by atoms with Gasteiger partial charge in [-0.2, -0.15) is 15.2 Å². The van der Waals surface area contributed by atoms with Gasteiger partial charge in [-0.1, -0.05) is 18.2 Å². The number of phenols is 1. The quantitative estimate of drug-likeness (QED) is 0.405. The molecule has 2 heterocycles. The van der Waals surface area contributed by atoms with Gasteiger partial charge in [0.05, 0.1) is 22.0 Å². The molecule has 5 rings (SSSR count). The van der Waals surface area contributed by atoms with Crippen LogP contribution in [0.5, 0.6) is 5.75 Å². The average Bonchev–Trinajstić information content (AvgIpc) is 3.44. The van der Waals surface area contributed by atoms with Gasteiger partial charge in [0.1, 0.15) is 5.75 Å². The monoisotopic (exact) mass is 490 g/mol. The Morgan fingerprint density at radius 2 is 1.94 bits per heavy atom. The molecule has 9 heteroatoms. The van der Waals surface area contributed by atoms with Crippen LogP contribution in [-0.2, 0) is 22.4 Å². The zero-order valence-electron chi connectivity index (χ0n) is 19.5. The molecule has 3 N–H and O–H groups in total. The minimum atomic E-state index is -0.965. The van der Waals surface area contributed by atoms with Gasteiger partial charge in [0.2, 0.25) is 0 Å². The van der Waals surface area contributed by atoms with Gasteiger partial charge in [-0.3, -0.25) is 10.2 Å². The summed E-state index contributed by atoms with van der Waals surface area (Å²) in [4.78, 5) is 24.7. The van der Waals surface area contributed by atoms with Crippen LogP contribution in [0.3, 0.4) is 0 Å². The summed E-state index contributed by atoms with van der Waals surface area (Å²) in [6.07, 6.45) is 6.60. The number of carbonyl (C=O) groups is 2. The number of carbonyl (C=O) groups excluding carboxylic acids is 1. The number of thioether (sulfide) groups is 1. The first-order chi connectivity index (χ1) is 16.8. The zero-order valence-corrected chi connectivity index (χ0v) is 20.4. The minimum Gasteiger partial charge on any atom is -0.505 e. The number of aryl methyl sites for hydroxylation is 3. The van der Waals surface area contributed by atoms with E-state index in [4.69, 9.17) is 0 Å². The van der Waals surface area contributed by atoms with Crippen LogP contribution in [0.2, 0.25) is 0 Å². The Hall–Kier alpha value is -3.59. The van der Waals surface area contributed by atoms with Crippen molar-refractivity contribution in [2.75, 3.05) is 10.4 Å². The van der Waals surface area contributed by atoms with Crippen LogP contribution in [0.15, 0.2) is 51.5 Å². The van der Waals surface area contributed by atoms with Gasteiger partial charge in [-0.15, -0.1) is 11.8 Å². The minimum absolute atomic E-state index is 0.0101. The summed E-state index contributed by atoms with van der Waals surface area (Å²) in [6, 6.07) is 9.62. The highest BCUT2D eigenvalue weighted by Gasteiger charge is 2.32. The number of hydrogen-bond donors (Lipinski definition) is 3. The molecular weight excluding hydrogens is 464 g/mol. The summed E-state index contributed by atoms with van der Waals surface area (Å²) in [5.74, 6) is -1.31. The number of hydrogen-bond acceptors (Lipinski definition) is 7. The molecule has 2 aliphatic heterocycles. The van der Waals surface area contributed by atoms with E-state index in [0.29, 0.717) is 23.4 Å². The lowest BCUT2D eigenvalue weighted by Crippen LogP contribution is -2.28. The van der Waals surface area contributed by atoms with Gasteiger partial charge in [0.25, 0.3) is 0 Å². The number of allylic oxidation sites excluding steroid dienone is 1. The molecule has 2 aromatic rings. The highest BCUT2D eigenvalue weighted by atomic mass is 32.2. The highest BCUT2D eigenvalue weighted by Crippen LogP contribution is 2.48. The van der Waals surface area contributed by atoms with Gasteiger partial charge in [0.15, 0.2) is 5.71 Å². The van der Waals surface area contributed by atoms with E-state index in [1.54, 1.807) is 19.1 Å². The van der Waals surface area contributed by atoms with Crippen molar-refractivity contribution in [1.29, 1.82) is 0 Å². The van der Waals surface area contributed by atoms with Gasteiger partial charge < -0.3 is 10.2 Å². The van der Waals surface area contributed by atoms with Crippen LogP contribution < -0.4 is 10.4 Å². The largest absolute Gasteiger partial charge is 0.505 e. The molecule has 1 atom stereocenters. The number of aromatic hydroxyl groups is 1. The van der Waals surface area contributed by atoms with Gasteiger partial charge in [-0.05, 0) is 80.8 Å². The molecule has 35 heavy (non-hydrogen) atoms. The predicted octanol–water partition coefficient (Wildman–Crippen LogP) is 4.92. The number of fused-ring (bicyclic) bond motifs is 1. The van der Waals surface area contributed by atoms with Crippen molar-refractivity contribution in [3.05, 3.63) is 63.6 Å². The summed E-state index contributed by atoms with van der Waals surface area (Å²) >= 11 is 1.21. The van der Waals surface area contributed by atoms with Crippen LogP contribution in [0.25, 0.3) is 0 Å². The van der Waals surface area contributed by atoms with E-state index in [0.717, 1.165) is 30.5 Å². The maximum absolute atomic E-state index is 13.1. The summed E-state index contributed by atoms with van der Waals surface area (Å²) in [5.41, 5.74) is 8.68. The lowest BCUT2D eigenvalue weighted by atomic mass is 9.91. The molecule has 0 aromatic heterocycles. The second-order valence-electron chi connectivity index (χ2n) is 9.00. The molecule has 8 nitrogen and oxygen atoms in total. The highest BCUT2D eigenvalue weighted by molar-refractivity contribution is 8.04. The van der Waals surface area contributed by atoms with Crippen LogP contribution in [0.1, 0.15) is 53.7 Å². The summed E-state index contributed by atoms with van der Waals surface area (Å²) in [6.45, 7) is 3.62. The van der Waals surface area contributed by atoms with Crippen molar-refractivity contribution in [1.82, 2.24) is 0 Å². The normalized spacial score (nSPS) is 20.6. The predicted molar refractivity (Wildman–Crippen MR) is 138 cm³/mol. The fourth-order valence-corrected chi connectivity index (χ4v) is 5.80. The Morgan fingerprint density at radius 1 is 1.17 bits per heavy atom. The van der Waals surface area contributed by atoms with E-state index in [-0.39, 0.29) is 27.5 Å². The lowest BCUT2D eigenvalue weighted by molar-refractivity contribution is -0.131. The first-order valence-corrected chi connectivity index (χ1v) is 12.5. The third-order valence-electron chi connectivity index (χ3n) is 6.48. The van der Waals surface area contributed by atoms with E-state index in [2.05, 4.69) is 21.7 Å². The Bertz CT molecular complexity index is 1330. The molecule has 1 aliphatic carbocycles. The maximum atomic E-state index is 13.1. The van der Waals surface area contributed by atoms with E-state index in [1.165, 1.54) is 34.3 Å². The SMILES string of the molecule is CC1=NN(c2ccc3c(c2)CCCC3)C(=O)/C1=N\Nc1cc(C)cc(C2CC=C(C(=O)O)S2)c1O. The standard InChI is InChI=1S/C26H26N4O4S/c1-14-11-19(21-9-10-22(35-21)26(33)34)24(31)20(12-14)27-28-23-15(2)29-30(25(23)32)18-8-7-16-5-3-4-6-17(16)13-18/h7-8,10-13,21,27,31H,3-6,9H2,1-2H3,(H,33,34)/b28-23-. The first kappa shape index (κ1) is 23.2. The second kappa shape index (κ2) is 9.22. The fraction of sp³-hybridized carbons (Fsp3) is 0.308. The molecular formula is C26H26N4O4S. The number of carboxylic acid groups (broad SMARTS) is 1. The first-order valence-electron chi connectivity index (χ1n) is 11.6. The summed E-state index contributed by atoms with van der Waals surface area (Å²) in [7, 11) is 0. The molecule has 0 bridgehead atoms. The van der Waals surface area contributed by atoms with Crippen LogP contribution >= 0.6 is 11.8 Å². The van der Waals surface area contributed by atoms with Crippen molar-refractivity contribution in [3.63, 3.8) is 0 Å². The number of phenolic OH excluding ortho intramolecular Hbond substituents is 1. The number of nitrogens with one attached hydrogen (secondary N) is 1. The molecule has 1 amide bonds. The number of anilines is 2. The van der Waals surface area contributed by atoms with E-state index in [9.17, 15) is 19.8 Å². The van der Waals surface area contributed by atoms with Crippen LogP contribution in [-0.4, -0.2) is 33.5 Å². The second-order valence-corrected chi connectivity index (χ2v) is 10.2. The molecule has 0 saturated carbocycles. The third-order valence-corrected chi connectivity index (χ3v) is 7.81.